The van der Waals surface area contributed by atoms with Gasteiger partial charge >= 0.3 is 0 Å². The molecule has 0 saturated heterocycles. The Balaban J connectivity index is 2.66. The summed E-state index contributed by atoms with van der Waals surface area (Å²) in [5, 5.41) is 12.0. The van der Waals surface area contributed by atoms with Gasteiger partial charge in [0.05, 0.1) is 11.5 Å². The Morgan fingerprint density at radius 3 is 2.75 bits per heavy atom. The molecule has 3 heteroatoms. The lowest BCUT2D eigenvalue weighted by Crippen LogP contribution is -2.31. The summed E-state index contributed by atoms with van der Waals surface area (Å²) >= 11 is 0. The van der Waals surface area contributed by atoms with Gasteiger partial charge in [-0.2, -0.15) is 5.10 Å². The summed E-state index contributed by atoms with van der Waals surface area (Å²) in [4.78, 5) is 0. The smallest absolute Gasteiger partial charge is 0.0578 e. The maximum atomic E-state index is 4.06. The summed E-state index contributed by atoms with van der Waals surface area (Å²) in [5.41, 5.74) is 1.05. The summed E-state index contributed by atoms with van der Waals surface area (Å²) in [6.45, 7) is 15.4. The van der Waals surface area contributed by atoms with Crippen LogP contribution in [0.4, 0.5) is 0 Å². The fourth-order valence-corrected chi connectivity index (χ4v) is 1.31. The number of hydrogen-bond acceptors (Lipinski definition) is 2. The summed E-state index contributed by atoms with van der Waals surface area (Å²) in [6.07, 6.45) is 3.78. The van der Waals surface area contributed by atoms with Crippen molar-refractivity contribution in [3.63, 3.8) is 0 Å². The highest BCUT2D eigenvalue weighted by Crippen LogP contribution is 2.01. The van der Waals surface area contributed by atoms with Crippen molar-refractivity contribution in [3.05, 3.63) is 28.9 Å². The Bertz CT molecular complexity index is 442. The summed E-state index contributed by atoms with van der Waals surface area (Å²) in [6, 6.07) is 0.275. The van der Waals surface area contributed by atoms with Crippen LogP contribution in [0, 0.1) is 5.92 Å². The van der Waals surface area contributed by atoms with Crippen LogP contribution in [0.15, 0.2) is 18.3 Å². The van der Waals surface area contributed by atoms with Crippen molar-refractivity contribution in [2.24, 2.45) is 5.92 Å². The Labute approximate surface area is 97.0 Å². The first-order valence-corrected chi connectivity index (χ1v) is 5.63. The molecule has 88 valence electrons. The van der Waals surface area contributed by atoms with E-state index in [9.17, 15) is 0 Å². The zero-order valence-electron chi connectivity index (χ0n) is 10.4. The number of aromatic amines is 1. The Morgan fingerprint density at radius 1 is 1.56 bits per heavy atom. The molecule has 2 N–H and O–H groups in total. The predicted octanol–water partition coefficient (Wildman–Crippen LogP) is 0.791. The molecular formula is C13H21N3. The SMILES string of the molecule is C=C(/C=c1/cn[nH]c1=C)C(C)NCC(C)C. The minimum Gasteiger partial charge on any atom is -0.310 e. The number of nitrogens with zero attached hydrogens (tertiary/aromatic N) is 1. The largest absolute Gasteiger partial charge is 0.310 e. The van der Waals surface area contributed by atoms with Crippen molar-refractivity contribution in [2.75, 3.05) is 6.54 Å². The van der Waals surface area contributed by atoms with E-state index in [0.717, 1.165) is 22.7 Å². The number of nitrogens with one attached hydrogen (secondary N) is 2. The molecule has 1 rings (SSSR count). The second kappa shape index (κ2) is 5.66. The number of rotatable bonds is 5. The number of hydrogen-bond donors (Lipinski definition) is 2. The van der Waals surface area contributed by atoms with Gasteiger partial charge in [0.15, 0.2) is 0 Å². The molecule has 1 aromatic heterocycles. The van der Waals surface area contributed by atoms with Gasteiger partial charge in [0, 0.05) is 11.3 Å². The Hall–Kier alpha value is -1.35. The van der Waals surface area contributed by atoms with Crippen molar-refractivity contribution >= 4 is 12.7 Å². The second-order valence-corrected chi connectivity index (χ2v) is 4.55. The molecule has 0 bridgehead atoms. The van der Waals surface area contributed by atoms with E-state index >= 15 is 0 Å². The first-order valence-electron chi connectivity index (χ1n) is 5.63. The van der Waals surface area contributed by atoms with E-state index in [1.807, 2.05) is 6.08 Å². The zero-order valence-corrected chi connectivity index (χ0v) is 10.4. The normalized spacial score (nSPS) is 14.4. The third-order valence-corrected chi connectivity index (χ3v) is 2.48. The molecule has 0 aliphatic carbocycles. The lowest BCUT2D eigenvalue weighted by molar-refractivity contribution is 0.522. The van der Waals surface area contributed by atoms with Gasteiger partial charge in [-0.05, 0) is 31.0 Å². The van der Waals surface area contributed by atoms with Crippen LogP contribution in [0.5, 0.6) is 0 Å². The first kappa shape index (κ1) is 12.7. The summed E-state index contributed by atoms with van der Waals surface area (Å²) in [7, 11) is 0. The predicted molar refractivity (Wildman–Crippen MR) is 69.3 cm³/mol. The highest BCUT2D eigenvalue weighted by molar-refractivity contribution is 5.46. The standard InChI is InChI=1S/C13H21N3/c1-9(2)7-14-11(4)10(3)6-13-8-15-16-12(13)5/h6,8-9,11,14,16H,3,5,7H2,1-2,4H3/b13-6-. The molecule has 0 saturated carbocycles. The van der Waals surface area contributed by atoms with E-state index in [1.54, 1.807) is 6.20 Å². The lowest BCUT2D eigenvalue weighted by Gasteiger charge is -2.15. The number of H-pyrrole nitrogens is 1. The van der Waals surface area contributed by atoms with Crippen molar-refractivity contribution in [2.45, 2.75) is 26.8 Å². The lowest BCUT2D eigenvalue weighted by atomic mass is 10.1. The molecule has 0 fully saturated rings. The van der Waals surface area contributed by atoms with E-state index < -0.39 is 0 Å². The highest BCUT2D eigenvalue weighted by Gasteiger charge is 2.04. The monoisotopic (exact) mass is 219 g/mol. The van der Waals surface area contributed by atoms with E-state index in [4.69, 9.17) is 0 Å². The summed E-state index contributed by atoms with van der Waals surface area (Å²) < 4.78 is 0. The zero-order chi connectivity index (χ0) is 12.1. The molecule has 1 aromatic rings. The highest BCUT2D eigenvalue weighted by atomic mass is 15.1. The van der Waals surface area contributed by atoms with E-state index in [0.29, 0.717) is 5.92 Å². The van der Waals surface area contributed by atoms with Crippen LogP contribution in [-0.2, 0) is 0 Å². The van der Waals surface area contributed by atoms with E-state index in [2.05, 4.69) is 49.4 Å². The molecule has 1 heterocycles. The van der Waals surface area contributed by atoms with Gasteiger partial charge in [-0.15, -0.1) is 0 Å². The van der Waals surface area contributed by atoms with Crippen LogP contribution in [0.1, 0.15) is 20.8 Å². The van der Waals surface area contributed by atoms with Crippen molar-refractivity contribution < 1.29 is 0 Å². The van der Waals surface area contributed by atoms with Crippen LogP contribution < -0.4 is 15.9 Å². The van der Waals surface area contributed by atoms with Gasteiger partial charge < -0.3 is 5.32 Å². The molecule has 0 aliphatic rings. The van der Waals surface area contributed by atoms with E-state index in [1.165, 1.54) is 0 Å². The Kier molecular flexibility index (Phi) is 4.50. The van der Waals surface area contributed by atoms with E-state index in [-0.39, 0.29) is 6.04 Å². The van der Waals surface area contributed by atoms with Crippen molar-refractivity contribution in [3.8, 4) is 0 Å². The van der Waals surface area contributed by atoms with Gasteiger partial charge in [-0.1, -0.05) is 27.0 Å². The molecule has 16 heavy (non-hydrogen) atoms. The molecule has 0 aromatic carbocycles. The topological polar surface area (TPSA) is 40.7 Å². The van der Waals surface area contributed by atoms with Crippen LogP contribution >= 0.6 is 0 Å². The van der Waals surface area contributed by atoms with Crippen molar-refractivity contribution in [1.82, 2.24) is 15.5 Å². The maximum Gasteiger partial charge on any atom is 0.0578 e. The molecule has 3 nitrogen and oxygen atoms in total. The molecule has 1 unspecified atom stereocenters. The molecule has 0 amide bonds. The van der Waals surface area contributed by atoms with Gasteiger partial charge in [0.2, 0.25) is 0 Å². The summed E-state index contributed by atoms with van der Waals surface area (Å²) in [5.74, 6) is 0.646. The molecule has 1 atom stereocenters. The molecule has 0 radical (unpaired) electrons. The quantitative estimate of drug-likeness (QED) is 0.769. The molecular weight excluding hydrogens is 198 g/mol. The third kappa shape index (κ3) is 3.66. The average molecular weight is 219 g/mol. The van der Waals surface area contributed by atoms with Crippen LogP contribution in [0.25, 0.3) is 12.7 Å². The van der Waals surface area contributed by atoms with Gasteiger partial charge in [0.25, 0.3) is 0 Å². The maximum absolute atomic E-state index is 4.06. The fraction of sp³-hybridized carbons (Fsp3) is 0.462. The van der Waals surface area contributed by atoms with Gasteiger partial charge in [-0.3, -0.25) is 5.10 Å². The minimum atomic E-state index is 0.275. The van der Waals surface area contributed by atoms with Gasteiger partial charge in [-0.25, -0.2) is 0 Å². The van der Waals surface area contributed by atoms with Crippen LogP contribution in [0.2, 0.25) is 0 Å². The van der Waals surface area contributed by atoms with Crippen LogP contribution in [-0.4, -0.2) is 22.8 Å². The number of aromatic nitrogens is 2. The first-order chi connectivity index (χ1) is 7.50. The van der Waals surface area contributed by atoms with Crippen molar-refractivity contribution in [1.29, 1.82) is 0 Å². The minimum absolute atomic E-state index is 0.275. The van der Waals surface area contributed by atoms with Crippen LogP contribution in [0.3, 0.4) is 0 Å². The fourth-order valence-electron chi connectivity index (χ4n) is 1.31. The second-order valence-electron chi connectivity index (χ2n) is 4.55. The van der Waals surface area contributed by atoms with Gasteiger partial charge in [0.1, 0.15) is 0 Å². The molecule has 0 aliphatic heterocycles. The third-order valence-electron chi connectivity index (χ3n) is 2.48. The Morgan fingerprint density at radius 2 is 2.25 bits per heavy atom. The molecule has 0 spiro atoms. The average Bonchev–Trinajstić information content (AvgIpc) is 2.60.